The Morgan fingerprint density at radius 3 is 2.69 bits per heavy atom. The number of hydrogen-bond donors (Lipinski definition) is 1. The lowest BCUT2D eigenvalue weighted by Gasteiger charge is -2.47. The third kappa shape index (κ3) is 4.30. The van der Waals surface area contributed by atoms with Crippen molar-refractivity contribution in [1.82, 2.24) is 14.8 Å². The van der Waals surface area contributed by atoms with Gasteiger partial charge in [0.05, 0.1) is 24.5 Å². The first-order chi connectivity index (χ1) is 17.6. The fourth-order valence-corrected chi connectivity index (χ4v) is 5.78. The van der Waals surface area contributed by atoms with Gasteiger partial charge in [0.2, 0.25) is 5.91 Å². The van der Waals surface area contributed by atoms with Crippen LogP contribution in [0.2, 0.25) is 0 Å². The Morgan fingerprint density at radius 2 is 1.94 bits per heavy atom. The van der Waals surface area contributed by atoms with E-state index >= 15 is 4.39 Å². The molecule has 4 aliphatic rings. The topological polar surface area (TPSA) is 70.2 Å². The Morgan fingerprint density at radius 1 is 1.17 bits per heavy atom. The lowest BCUT2D eigenvalue weighted by molar-refractivity contribution is -0.133. The lowest BCUT2D eigenvalue weighted by Crippen LogP contribution is -2.61. The molecule has 1 amide bonds. The molecule has 0 unspecified atom stereocenters. The van der Waals surface area contributed by atoms with Gasteiger partial charge in [-0.25, -0.2) is 9.37 Å². The van der Waals surface area contributed by atoms with Gasteiger partial charge in [0, 0.05) is 50.2 Å². The molecule has 5 heterocycles. The third-order valence-corrected chi connectivity index (χ3v) is 7.94. The lowest BCUT2D eigenvalue weighted by atomic mass is 9.87. The Labute approximate surface area is 210 Å². The first kappa shape index (κ1) is 23.2. The zero-order valence-electron chi connectivity index (χ0n) is 20.4. The van der Waals surface area contributed by atoms with Crippen molar-refractivity contribution in [3.8, 4) is 5.75 Å². The number of fused-ring (bicyclic) bond motifs is 2. The number of carbonyl (C=O) groups is 1. The predicted molar refractivity (Wildman–Crippen MR) is 135 cm³/mol. The van der Waals surface area contributed by atoms with Gasteiger partial charge in [0.1, 0.15) is 24.0 Å². The second-order valence-corrected chi connectivity index (χ2v) is 9.95. The summed E-state index contributed by atoms with van der Waals surface area (Å²) in [7, 11) is 0. The summed E-state index contributed by atoms with van der Waals surface area (Å²) in [6.45, 7) is 10.3. The van der Waals surface area contributed by atoms with Crippen molar-refractivity contribution in [3.63, 3.8) is 0 Å². The van der Waals surface area contributed by atoms with Crippen molar-refractivity contribution in [2.24, 2.45) is 0 Å². The maximum Gasteiger partial charge on any atom is 0.246 e. The van der Waals surface area contributed by atoms with Crippen LogP contribution in [-0.4, -0.2) is 79.2 Å². The van der Waals surface area contributed by atoms with Gasteiger partial charge in [-0.1, -0.05) is 6.58 Å². The van der Waals surface area contributed by atoms with Crippen LogP contribution in [0.4, 0.5) is 21.6 Å². The highest BCUT2D eigenvalue weighted by Crippen LogP contribution is 2.41. The van der Waals surface area contributed by atoms with Crippen LogP contribution >= 0.6 is 0 Å². The maximum absolute atomic E-state index is 15.3. The number of nitrogens with zero attached hydrogens (tertiary/aromatic N) is 4. The molecule has 1 N–H and O–H groups in total. The summed E-state index contributed by atoms with van der Waals surface area (Å²) >= 11 is 0. The molecule has 0 atom stereocenters. The van der Waals surface area contributed by atoms with Gasteiger partial charge in [-0.15, -0.1) is 0 Å². The number of morpholine rings is 1. The molecule has 1 aromatic heterocycles. The van der Waals surface area contributed by atoms with Crippen LogP contribution in [0.1, 0.15) is 29.9 Å². The summed E-state index contributed by atoms with van der Waals surface area (Å²) in [4.78, 5) is 22.9. The summed E-state index contributed by atoms with van der Waals surface area (Å²) in [5.74, 6) is 1.20. The molecular weight excluding hydrogens is 461 g/mol. The molecular formula is C27H32FN5O3. The number of aromatic nitrogens is 1. The SMILES string of the molecule is C=CC(=O)N1CC(N2CCC(c3cc4c(cc3F)OCc3c(N5CCOCC5)ccnc3N4)CC2)C1. The van der Waals surface area contributed by atoms with E-state index in [2.05, 4.69) is 26.7 Å². The van der Waals surface area contributed by atoms with Crippen LogP contribution < -0.4 is 15.0 Å². The van der Waals surface area contributed by atoms with Crippen LogP contribution in [0.3, 0.4) is 0 Å². The third-order valence-electron chi connectivity index (χ3n) is 7.94. The van der Waals surface area contributed by atoms with E-state index in [0.717, 1.165) is 80.4 Å². The molecule has 190 valence electrons. The molecule has 0 saturated carbocycles. The van der Waals surface area contributed by atoms with E-state index in [1.165, 1.54) is 12.1 Å². The molecule has 8 nitrogen and oxygen atoms in total. The molecule has 0 radical (unpaired) electrons. The van der Waals surface area contributed by atoms with Crippen molar-refractivity contribution in [1.29, 1.82) is 0 Å². The number of amides is 1. The number of piperidine rings is 1. The zero-order chi connectivity index (χ0) is 24.6. The van der Waals surface area contributed by atoms with Crippen molar-refractivity contribution in [2.75, 3.05) is 62.7 Å². The minimum Gasteiger partial charge on any atom is -0.486 e. The molecule has 36 heavy (non-hydrogen) atoms. The molecule has 9 heteroatoms. The van der Waals surface area contributed by atoms with E-state index in [9.17, 15) is 4.79 Å². The summed E-state index contributed by atoms with van der Waals surface area (Å²) in [5, 5.41) is 3.44. The van der Waals surface area contributed by atoms with E-state index in [1.54, 1.807) is 0 Å². The predicted octanol–water partition coefficient (Wildman–Crippen LogP) is 3.27. The van der Waals surface area contributed by atoms with Gasteiger partial charge in [0.15, 0.2) is 0 Å². The number of benzene rings is 1. The first-order valence-electron chi connectivity index (χ1n) is 12.8. The summed E-state index contributed by atoms with van der Waals surface area (Å²) in [6, 6.07) is 5.84. The Hall–Kier alpha value is -3.17. The van der Waals surface area contributed by atoms with Crippen molar-refractivity contribution < 1.29 is 18.7 Å². The van der Waals surface area contributed by atoms with Gasteiger partial charge in [-0.2, -0.15) is 0 Å². The Kier molecular flexibility index (Phi) is 6.27. The van der Waals surface area contributed by atoms with Crippen molar-refractivity contribution in [2.45, 2.75) is 31.4 Å². The highest BCUT2D eigenvalue weighted by atomic mass is 19.1. The van der Waals surface area contributed by atoms with Gasteiger partial charge in [0.25, 0.3) is 0 Å². The fourth-order valence-electron chi connectivity index (χ4n) is 5.78. The second kappa shape index (κ2) is 9.71. The molecule has 2 aromatic rings. The van der Waals surface area contributed by atoms with Crippen LogP contribution in [0.25, 0.3) is 0 Å². The van der Waals surface area contributed by atoms with Gasteiger partial charge >= 0.3 is 0 Å². The number of nitrogens with one attached hydrogen (secondary N) is 1. The van der Waals surface area contributed by atoms with E-state index in [0.29, 0.717) is 31.6 Å². The normalized spacial score (nSPS) is 20.9. The van der Waals surface area contributed by atoms with E-state index in [-0.39, 0.29) is 17.6 Å². The number of ether oxygens (including phenoxy) is 2. The van der Waals surface area contributed by atoms with E-state index in [4.69, 9.17) is 9.47 Å². The zero-order valence-corrected chi connectivity index (χ0v) is 20.4. The highest BCUT2D eigenvalue weighted by Gasteiger charge is 2.36. The van der Waals surface area contributed by atoms with Crippen molar-refractivity contribution in [3.05, 3.63) is 54.0 Å². The molecule has 0 aliphatic carbocycles. The first-order valence-corrected chi connectivity index (χ1v) is 12.8. The number of hydrogen-bond acceptors (Lipinski definition) is 7. The van der Waals surface area contributed by atoms with Gasteiger partial charge in [-0.05, 0) is 55.6 Å². The molecule has 0 bridgehead atoms. The summed E-state index contributed by atoms with van der Waals surface area (Å²) in [6.07, 6.45) is 4.96. The second-order valence-electron chi connectivity index (χ2n) is 9.95. The minimum absolute atomic E-state index is 0.00367. The fraction of sp³-hybridized carbons (Fsp3) is 0.481. The molecule has 6 rings (SSSR count). The van der Waals surface area contributed by atoms with Crippen LogP contribution in [-0.2, 0) is 16.1 Å². The Balaban J connectivity index is 1.16. The average Bonchev–Trinajstić information content (AvgIpc) is 3.07. The molecule has 4 aliphatic heterocycles. The van der Waals surface area contributed by atoms with E-state index < -0.39 is 0 Å². The standard InChI is InChI=1S/C27H32FN5O3/c1-2-26(34)33-15-19(16-33)31-7-4-18(5-8-31)20-13-23-25(14-22(20)28)36-17-21-24(3-6-29-27(21)30-23)32-9-11-35-12-10-32/h2-3,6,13-14,18-19H,1,4-5,7-12,15-17H2,(H,29,30). The quantitative estimate of drug-likeness (QED) is 0.656. The van der Waals surface area contributed by atoms with Gasteiger partial charge in [-0.3, -0.25) is 9.69 Å². The van der Waals surface area contributed by atoms with E-state index in [1.807, 2.05) is 23.2 Å². The van der Waals surface area contributed by atoms with Crippen LogP contribution in [0.5, 0.6) is 5.75 Å². The number of halogens is 1. The molecule has 0 spiro atoms. The smallest absolute Gasteiger partial charge is 0.246 e. The molecule has 1 aromatic carbocycles. The van der Waals surface area contributed by atoms with Gasteiger partial charge < -0.3 is 24.6 Å². The average molecular weight is 494 g/mol. The Bertz CT molecular complexity index is 1150. The maximum atomic E-state index is 15.3. The number of pyridine rings is 1. The number of anilines is 3. The van der Waals surface area contributed by atoms with Crippen molar-refractivity contribution >= 4 is 23.1 Å². The number of rotatable bonds is 4. The highest BCUT2D eigenvalue weighted by molar-refractivity contribution is 5.87. The number of likely N-dealkylation sites (tertiary alicyclic amines) is 2. The van der Waals surface area contributed by atoms with Crippen LogP contribution in [0, 0.1) is 5.82 Å². The molecule has 3 saturated heterocycles. The summed E-state index contributed by atoms with van der Waals surface area (Å²) in [5.41, 5.74) is 3.56. The monoisotopic (exact) mass is 493 g/mol. The largest absolute Gasteiger partial charge is 0.486 e. The summed E-state index contributed by atoms with van der Waals surface area (Å²) < 4.78 is 26.9. The van der Waals surface area contributed by atoms with Crippen LogP contribution in [0.15, 0.2) is 37.1 Å². The minimum atomic E-state index is -0.215. The molecule has 3 fully saturated rings. The number of carbonyl (C=O) groups excluding carboxylic acids is 1.